The van der Waals surface area contributed by atoms with E-state index in [9.17, 15) is 18.9 Å². The fourth-order valence-corrected chi connectivity index (χ4v) is 1.69. The lowest BCUT2D eigenvalue weighted by atomic mass is 9.90. The molecule has 1 fully saturated rings. The van der Waals surface area contributed by atoms with E-state index < -0.39 is 22.2 Å². The van der Waals surface area contributed by atoms with Gasteiger partial charge in [0.1, 0.15) is 11.9 Å². The van der Waals surface area contributed by atoms with Crippen LogP contribution in [0.2, 0.25) is 0 Å². The smallest absolute Gasteiger partial charge is 0.346 e. The second kappa shape index (κ2) is 4.25. The topological polar surface area (TPSA) is 78.4 Å². The maximum Gasteiger partial charge on any atom is 0.346 e. The second-order valence-corrected chi connectivity index (χ2v) is 3.96. The molecule has 0 aromatic heterocycles. The van der Waals surface area contributed by atoms with Gasteiger partial charge in [0.25, 0.3) is 0 Å². The molecule has 1 saturated carbocycles. The zero-order chi connectivity index (χ0) is 12.6. The van der Waals surface area contributed by atoms with Gasteiger partial charge in [-0.3, -0.25) is 10.1 Å². The third-order valence-corrected chi connectivity index (χ3v) is 2.60. The molecular formula is C10H10F2N2O3. The van der Waals surface area contributed by atoms with Crippen molar-refractivity contribution in [2.75, 3.05) is 0 Å². The Labute approximate surface area is 95.3 Å². The van der Waals surface area contributed by atoms with E-state index in [1.807, 2.05) is 0 Å². The molecule has 1 aliphatic rings. The zero-order valence-electron chi connectivity index (χ0n) is 8.73. The number of hydrogen-bond donors (Lipinski definition) is 1. The number of ether oxygens (including phenoxy) is 1. The van der Waals surface area contributed by atoms with Gasteiger partial charge in [0.05, 0.1) is 4.92 Å². The first-order valence-corrected chi connectivity index (χ1v) is 5.03. The maximum absolute atomic E-state index is 13.2. The van der Waals surface area contributed by atoms with Crippen molar-refractivity contribution in [3.8, 4) is 5.75 Å². The number of nitro benzene ring substituents is 1. The van der Waals surface area contributed by atoms with Crippen LogP contribution in [0.25, 0.3) is 0 Å². The van der Waals surface area contributed by atoms with Gasteiger partial charge in [-0.1, -0.05) is 0 Å². The highest BCUT2D eigenvalue weighted by molar-refractivity contribution is 5.47. The predicted octanol–water partition coefficient (Wildman–Crippen LogP) is 1.74. The van der Waals surface area contributed by atoms with Crippen LogP contribution in [0.4, 0.5) is 14.5 Å². The Morgan fingerprint density at radius 1 is 1.41 bits per heavy atom. The van der Waals surface area contributed by atoms with Crippen molar-refractivity contribution >= 4 is 5.69 Å². The minimum Gasteiger partial charge on any atom is -0.483 e. The van der Waals surface area contributed by atoms with E-state index in [-0.39, 0.29) is 17.9 Å². The Morgan fingerprint density at radius 2 is 2.06 bits per heavy atom. The Morgan fingerprint density at radius 3 is 2.59 bits per heavy atom. The van der Waals surface area contributed by atoms with Crippen LogP contribution in [0.5, 0.6) is 5.75 Å². The molecule has 0 saturated heterocycles. The molecule has 2 N–H and O–H groups in total. The summed E-state index contributed by atoms with van der Waals surface area (Å²) in [5.74, 6) is -2.54. The summed E-state index contributed by atoms with van der Waals surface area (Å²) in [6.07, 6.45) is 0.731. The van der Waals surface area contributed by atoms with Crippen molar-refractivity contribution in [3.63, 3.8) is 0 Å². The van der Waals surface area contributed by atoms with Gasteiger partial charge >= 0.3 is 5.69 Å². The van der Waals surface area contributed by atoms with Crippen molar-refractivity contribution in [2.45, 2.75) is 25.0 Å². The van der Waals surface area contributed by atoms with Crippen LogP contribution in [0, 0.1) is 21.7 Å². The standard InChI is InChI=1S/C10H10F2N2O3/c11-5-1-8(12)10(14(15)16)9(2-5)17-7-3-6(13)4-7/h1-2,6-7H,3-4,13H2. The van der Waals surface area contributed by atoms with E-state index >= 15 is 0 Å². The molecule has 0 aliphatic heterocycles. The monoisotopic (exact) mass is 244 g/mol. The van der Waals surface area contributed by atoms with E-state index in [0.29, 0.717) is 18.9 Å². The van der Waals surface area contributed by atoms with Gasteiger partial charge in [-0.05, 0) is 12.8 Å². The summed E-state index contributed by atoms with van der Waals surface area (Å²) in [5, 5.41) is 10.6. The van der Waals surface area contributed by atoms with Crippen molar-refractivity contribution in [1.82, 2.24) is 0 Å². The van der Waals surface area contributed by atoms with Gasteiger partial charge in [0.2, 0.25) is 11.6 Å². The molecule has 5 nitrogen and oxygen atoms in total. The molecule has 0 amide bonds. The van der Waals surface area contributed by atoms with E-state index in [1.54, 1.807) is 0 Å². The fourth-order valence-electron chi connectivity index (χ4n) is 1.69. The van der Waals surface area contributed by atoms with E-state index in [0.717, 1.165) is 6.07 Å². The van der Waals surface area contributed by atoms with E-state index in [1.165, 1.54) is 0 Å². The molecule has 2 rings (SSSR count). The first-order chi connectivity index (χ1) is 7.97. The molecular weight excluding hydrogens is 234 g/mol. The molecule has 0 heterocycles. The molecule has 1 aromatic rings. The lowest BCUT2D eigenvalue weighted by Crippen LogP contribution is -2.43. The fraction of sp³-hybridized carbons (Fsp3) is 0.400. The van der Waals surface area contributed by atoms with Gasteiger partial charge in [-0.25, -0.2) is 4.39 Å². The Bertz CT molecular complexity index is 461. The minimum atomic E-state index is -1.24. The molecule has 7 heteroatoms. The predicted molar refractivity (Wildman–Crippen MR) is 54.6 cm³/mol. The van der Waals surface area contributed by atoms with Crippen LogP contribution in [0.15, 0.2) is 12.1 Å². The number of benzene rings is 1. The lowest BCUT2D eigenvalue weighted by molar-refractivity contribution is -0.388. The Balaban J connectivity index is 2.27. The first-order valence-electron chi connectivity index (χ1n) is 5.03. The van der Waals surface area contributed by atoms with Crippen LogP contribution >= 0.6 is 0 Å². The molecule has 92 valence electrons. The number of nitrogens with two attached hydrogens (primary N) is 1. The number of halogens is 2. The van der Waals surface area contributed by atoms with Crippen LogP contribution < -0.4 is 10.5 Å². The van der Waals surface area contributed by atoms with Gasteiger partial charge in [0, 0.05) is 18.2 Å². The quantitative estimate of drug-likeness (QED) is 0.648. The highest BCUT2D eigenvalue weighted by Crippen LogP contribution is 2.34. The summed E-state index contributed by atoms with van der Waals surface area (Å²) in [6.45, 7) is 0. The largest absolute Gasteiger partial charge is 0.483 e. The van der Waals surface area contributed by atoms with Crippen molar-refractivity contribution in [1.29, 1.82) is 0 Å². The average molecular weight is 244 g/mol. The van der Waals surface area contributed by atoms with Crippen molar-refractivity contribution in [3.05, 3.63) is 33.9 Å². The Kier molecular flexibility index (Phi) is 2.93. The molecule has 0 atom stereocenters. The average Bonchev–Trinajstić information content (AvgIpc) is 2.13. The molecule has 1 aromatic carbocycles. The third kappa shape index (κ3) is 2.33. The number of nitro groups is 1. The summed E-state index contributed by atoms with van der Waals surface area (Å²) < 4.78 is 31.4. The summed E-state index contributed by atoms with van der Waals surface area (Å²) in [5.41, 5.74) is 4.68. The van der Waals surface area contributed by atoms with Gasteiger partial charge in [0.15, 0.2) is 0 Å². The van der Waals surface area contributed by atoms with E-state index in [2.05, 4.69) is 0 Å². The summed E-state index contributed by atoms with van der Waals surface area (Å²) >= 11 is 0. The van der Waals surface area contributed by atoms with Crippen molar-refractivity contribution < 1.29 is 18.4 Å². The molecule has 0 unspecified atom stereocenters. The number of rotatable bonds is 3. The van der Waals surface area contributed by atoms with E-state index in [4.69, 9.17) is 10.5 Å². The minimum absolute atomic E-state index is 0.0162. The lowest BCUT2D eigenvalue weighted by Gasteiger charge is -2.32. The SMILES string of the molecule is NC1CC(Oc2cc(F)cc(F)c2[N+](=O)[O-])C1. The first kappa shape index (κ1) is 11.7. The normalized spacial score (nSPS) is 23.0. The summed E-state index contributed by atoms with van der Waals surface area (Å²) in [4.78, 5) is 9.72. The highest BCUT2D eigenvalue weighted by Gasteiger charge is 2.31. The third-order valence-electron chi connectivity index (χ3n) is 2.60. The van der Waals surface area contributed by atoms with Gasteiger partial charge < -0.3 is 10.5 Å². The van der Waals surface area contributed by atoms with Crippen LogP contribution in [-0.2, 0) is 0 Å². The van der Waals surface area contributed by atoms with Crippen molar-refractivity contribution in [2.24, 2.45) is 5.73 Å². The van der Waals surface area contributed by atoms with Gasteiger partial charge in [-0.2, -0.15) is 4.39 Å². The van der Waals surface area contributed by atoms with Crippen LogP contribution in [0.3, 0.4) is 0 Å². The molecule has 0 bridgehead atoms. The van der Waals surface area contributed by atoms with Gasteiger partial charge in [-0.15, -0.1) is 0 Å². The molecule has 0 radical (unpaired) electrons. The number of nitrogens with zero attached hydrogens (tertiary/aromatic N) is 1. The number of hydrogen-bond acceptors (Lipinski definition) is 4. The molecule has 1 aliphatic carbocycles. The van der Waals surface area contributed by atoms with Crippen LogP contribution in [0.1, 0.15) is 12.8 Å². The summed E-state index contributed by atoms with van der Waals surface area (Å²) in [7, 11) is 0. The van der Waals surface area contributed by atoms with Crippen LogP contribution in [-0.4, -0.2) is 17.1 Å². The second-order valence-electron chi connectivity index (χ2n) is 3.96. The zero-order valence-corrected chi connectivity index (χ0v) is 8.73. The Hall–Kier alpha value is -1.76. The maximum atomic E-state index is 13.2. The molecule has 17 heavy (non-hydrogen) atoms. The summed E-state index contributed by atoms with van der Waals surface area (Å²) in [6, 6.07) is 1.25. The highest BCUT2D eigenvalue weighted by atomic mass is 19.1. The molecule has 0 spiro atoms.